The molecule has 0 heterocycles. The molecule has 0 N–H and O–H groups in total. The standard InChI is InChI=1S/C23H25.C22H25.C2H6Si.2ClH.Zr/c1-2-17-15-21-9-6-10-22(23(21)16-17)20-13-11-19(12-14-20)18-7-4-3-5-8-18;1-15(2)18-13-17-7-6-8-20(21(17)14-18)16-9-11-19(12-10-16)22(3,4)5;1-3-2;;;/h6,9-16,18H,2-5,7-8H2,1H3;6-15H,1-5H3;1-2H3;2*1H;/q2*-1;;;;+2/p-2. The van der Waals surface area contributed by atoms with Crippen LogP contribution in [0, 0.1) is 0 Å². The number of rotatable bonds is 5. The van der Waals surface area contributed by atoms with Crippen LogP contribution in [0.3, 0.4) is 0 Å². The van der Waals surface area contributed by atoms with Gasteiger partial charge in [0.05, 0.1) is 0 Å². The van der Waals surface area contributed by atoms with Crippen LogP contribution in [0.4, 0.5) is 0 Å². The maximum atomic E-state index is 2.37. The van der Waals surface area contributed by atoms with Crippen molar-refractivity contribution in [3.8, 4) is 22.3 Å². The van der Waals surface area contributed by atoms with Crippen LogP contribution in [0.15, 0.2) is 109 Å². The van der Waals surface area contributed by atoms with E-state index in [4.69, 9.17) is 0 Å². The minimum atomic E-state index is 0. The van der Waals surface area contributed by atoms with Gasteiger partial charge >= 0.3 is 41.9 Å². The first-order valence-corrected chi connectivity index (χ1v) is 24.7. The molecule has 6 aromatic carbocycles. The van der Waals surface area contributed by atoms with Crippen LogP contribution < -0.4 is 24.8 Å². The van der Waals surface area contributed by atoms with Crippen LogP contribution in [0.5, 0.6) is 0 Å². The Labute approximate surface area is 336 Å². The number of benzene rings is 4. The molecule has 4 heteroatoms. The van der Waals surface area contributed by atoms with Crippen LogP contribution in [-0.4, -0.2) is 5.43 Å². The molecule has 51 heavy (non-hydrogen) atoms. The summed E-state index contributed by atoms with van der Waals surface area (Å²) in [5.74, 6) is 1.36. The Kier molecular flexibility index (Phi) is 16.7. The molecule has 7 rings (SSSR count). The van der Waals surface area contributed by atoms with Gasteiger partial charge in [0.2, 0.25) is 0 Å². The molecule has 0 saturated heterocycles. The zero-order valence-electron chi connectivity index (χ0n) is 32.0. The van der Waals surface area contributed by atoms with Crippen molar-refractivity contribution >= 4 is 27.0 Å². The second kappa shape index (κ2) is 19.7. The molecule has 0 aliphatic heterocycles. The minimum Gasteiger partial charge on any atom is -1.00 e. The Morgan fingerprint density at radius 2 is 1.20 bits per heavy atom. The van der Waals surface area contributed by atoms with Crippen molar-refractivity contribution in [3.63, 3.8) is 0 Å². The van der Waals surface area contributed by atoms with E-state index >= 15 is 0 Å². The van der Waals surface area contributed by atoms with E-state index in [9.17, 15) is 0 Å². The third-order valence-electron chi connectivity index (χ3n) is 10.0. The zero-order valence-corrected chi connectivity index (χ0v) is 37.0. The fourth-order valence-corrected chi connectivity index (χ4v) is 7.12. The second-order valence-corrected chi connectivity index (χ2v) is 24.9. The van der Waals surface area contributed by atoms with Gasteiger partial charge in [0.15, 0.2) is 0 Å². The first-order valence-electron chi connectivity index (χ1n) is 18.5. The van der Waals surface area contributed by atoms with Gasteiger partial charge in [-0.25, -0.2) is 0 Å². The Bertz CT molecular complexity index is 1960. The first-order chi connectivity index (χ1) is 23.4. The summed E-state index contributed by atoms with van der Waals surface area (Å²) in [6, 6.07) is 41.1. The van der Waals surface area contributed by atoms with E-state index in [1.165, 1.54) is 98.2 Å². The molecule has 1 aliphatic rings. The van der Waals surface area contributed by atoms with Crippen LogP contribution >= 0.6 is 0 Å². The van der Waals surface area contributed by atoms with Crippen molar-refractivity contribution in [2.24, 2.45) is 0 Å². The summed E-state index contributed by atoms with van der Waals surface area (Å²) in [4.78, 5) is 0. The Morgan fingerprint density at radius 1 is 0.706 bits per heavy atom. The molecule has 0 spiro atoms. The number of aryl methyl sites for hydroxylation is 1. The molecule has 0 atom stereocenters. The van der Waals surface area contributed by atoms with Crippen LogP contribution in [0.1, 0.15) is 108 Å². The fraction of sp³-hybridized carbons (Fsp3) is 0.362. The van der Waals surface area contributed by atoms with Gasteiger partial charge in [-0.05, 0) is 58.8 Å². The van der Waals surface area contributed by atoms with Gasteiger partial charge < -0.3 is 24.8 Å². The Morgan fingerprint density at radius 3 is 1.69 bits per heavy atom. The van der Waals surface area contributed by atoms with Crippen molar-refractivity contribution in [2.45, 2.75) is 110 Å². The summed E-state index contributed by atoms with van der Waals surface area (Å²) in [6.45, 7) is 18.1. The molecule has 0 radical (unpaired) electrons. The monoisotopic (exact) mass is 808 g/mol. The number of halogens is 2. The summed E-state index contributed by atoms with van der Waals surface area (Å²) in [7, 11) is 0. The second-order valence-electron chi connectivity index (χ2n) is 15.6. The fourth-order valence-electron chi connectivity index (χ4n) is 7.12. The molecule has 1 fully saturated rings. The SMILES string of the molecule is CC(C)c1cc2c(-c3ccc(C(C)(C)C)cc3)cccc2[cH-]1.CCc1cc2c(-c3ccc(C4CCCCC4)cc3)cccc2[cH-]1.C[Si](C)=[Zr+2].[Cl-].[Cl-]. The van der Waals surface area contributed by atoms with E-state index in [1.54, 1.807) is 23.3 Å². The predicted octanol–water partition coefficient (Wildman–Crippen LogP) is 8.27. The minimum absolute atomic E-state index is 0. The van der Waals surface area contributed by atoms with Gasteiger partial charge in [0.1, 0.15) is 0 Å². The zero-order chi connectivity index (χ0) is 35.1. The van der Waals surface area contributed by atoms with Crippen molar-refractivity contribution in [3.05, 3.63) is 131 Å². The molecule has 1 saturated carbocycles. The molecule has 0 unspecified atom stereocenters. The van der Waals surface area contributed by atoms with Crippen molar-refractivity contribution < 1.29 is 48.1 Å². The largest absolute Gasteiger partial charge is 1.00 e. The third-order valence-corrected chi connectivity index (χ3v) is 10.0. The summed E-state index contributed by atoms with van der Waals surface area (Å²) < 4.78 is 0. The van der Waals surface area contributed by atoms with E-state index in [0.717, 1.165) is 12.3 Å². The molecule has 0 aromatic heterocycles. The van der Waals surface area contributed by atoms with Gasteiger partial charge in [0.25, 0.3) is 0 Å². The van der Waals surface area contributed by atoms with E-state index < -0.39 is 0 Å². The predicted molar refractivity (Wildman–Crippen MR) is 215 cm³/mol. The maximum Gasteiger partial charge on any atom is -1.00 e. The number of hydrogen-bond acceptors (Lipinski definition) is 0. The average molecular weight is 811 g/mol. The van der Waals surface area contributed by atoms with Gasteiger partial charge in [0, 0.05) is 0 Å². The molecular formula is C47H56Cl2SiZr-2. The normalized spacial score (nSPS) is 13.1. The average Bonchev–Trinajstić information content (AvgIpc) is 3.73. The van der Waals surface area contributed by atoms with Crippen LogP contribution in [0.2, 0.25) is 13.1 Å². The van der Waals surface area contributed by atoms with E-state index in [2.05, 4.69) is 164 Å². The van der Waals surface area contributed by atoms with Crippen LogP contribution in [0.25, 0.3) is 43.8 Å². The van der Waals surface area contributed by atoms with Gasteiger partial charge in [-0.3, -0.25) is 0 Å². The van der Waals surface area contributed by atoms with Gasteiger partial charge in [-0.1, -0.05) is 133 Å². The molecule has 268 valence electrons. The van der Waals surface area contributed by atoms with E-state index in [0.29, 0.717) is 5.92 Å². The Hall–Kier alpha value is -2.22. The summed E-state index contributed by atoms with van der Waals surface area (Å²) in [5, 5.41) is 5.49. The summed E-state index contributed by atoms with van der Waals surface area (Å²) >= 11 is 1.74. The van der Waals surface area contributed by atoms with E-state index in [1.807, 2.05) is 0 Å². The molecule has 0 bridgehead atoms. The molecule has 6 aromatic rings. The number of fused-ring (bicyclic) bond motifs is 2. The van der Waals surface area contributed by atoms with Crippen molar-refractivity contribution in [1.29, 1.82) is 0 Å². The quantitative estimate of drug-likeness (QED) is 0.122. The summed E-state index contributed by atoms with van der Waals surface area (Å²) in [6.07, 6.45) is 8.08. The van der Waals surface area contributed by atoms with E-state index in [-0.39, 0.29) is 35.7 Å². The molecule has 0 amide bonds. The van der Waals surface area contributed by atoms with Crippen molar-refractivity contribution in [1.82, 2.24) is 0 Å². The first kappa shape index (κ1) is 43.2. The van der Waals surface area contributed by atoms with Gasteiger partial charge in [-0.15, -0.1) is 69.1 Å². The van der Waals surface area contributed by atoms with Crippen LogP contribution in [-0.2, 0) is 35.2 Å². The van der Waals surface area contributed by atoms with Gasteiger partial charge in [-0.2, -0.15) is 12.1 Å². The molecule has 1 aliphatic carbocycles. The number of hydrogen-bond donors (Lipinski definition) is 0. The topological polar surface area (TPSA) is 0 Å². The van der Waals surface area contributed by atoms with Crippen molar-refractivity contribution in [2.75, 3.05) is 0 Å². The third kappa shape index (κ3) is 11.4. The molecule has 0 nitrogen and oxygen atoms in total. The maximum absolute atomic E-state index is 2.37. The smallest absolute Gasteiger partial charge is 1.00 e. The molecular weight excluding hydrogens is 755 g/mol. The Balaban J connectivity index is 0.000000241. The summed E-state index contributed by atoms with van der Waals surface area (Å²) in [5.41, 5.74) is 11.6.